The molecule has 4 rings (SSSR count). The molecular weight excluding hydrogens is 326 g/mol. The Hall–Kier alpha value is -2.11. The van der Waals surface area contributed by atoms with Gasteiger partial charge in [0.2, 0.25) is 6.79 Å². The number of rotatable bonds is 5. The standard InChI is InChI=1S/C21H27N3O2/c1-23(15-18-7-2-3-11-22-18)19-8-5-12-24(13-10-19)14-17-6-4-9-20-21(17)26-16-25-20/h2-4,6-7,9,11,19H,5,8,10,12-16H2,1H3. The highest BCUT2D eigenvalue weighted by molar-refractivity contribution is 5.48. The van der Waals surface area contributed by atoms with Gasteiger partial charge in [0.25, 0.3) is 0 Å². The molecule has 1 fully saturated rings. The quantitative estimate of drug-likeness (QED) is 0.825. The number of hydrogen-bond donors (Lipinski definition) is 0. The summed E-state index contributed by atoms with van der Waals surface area (Å²) in [5.41, 5.74) is 2.38. The van der Waals surface area contributed by atoms with Crippen molar-refractivity contribution in [1.29, 1.82) is 0 Å². The first kappa shape index (κ1) is 17.3. The van der Waals surface area contributed by atoms with Gasteiger partial charge in [-0.15, -0.1) is 0 Å². The lowest BCUT2D eigenvalue weighted by atomic mass is 10.1. The fraction of sp³-hybridized carbons (Fsp3) is 0.476. The van der Waals surface area contributed by atoms with Crippen molar-refractivity contribution in [3.05, 3.63) is 53.9 Å². The summed E-state index contributed by atoms with van der Waals surface area (Å²) in [6, 6.07) is 13.0. The second-order valence-corrected chi connectivity index (χ2v) is 7.25. The third kappa shape index (κ3) is 4.00. The normalized spacial score (nSPS) is 20.3. The molecule has 5 nitrogen and oxygen atoms in total. The van der Waals surface area contributed by atoms with E-state index in [1.165, 1.54) is 24.8 Å². The molecule has 0 amide bonds. The summed E-state index contributed by atoms with van der Waals surface area (Å²) >= 11 is 0. The van der Waals surface area contributed by atoms with Gasteiger partial charge in [0.05, 0.1) is 5.69 Å². The van der Waals surface area contributed by atoms with Crippen LogP contribution in [0.4, 0.5) is 0 Å². The summed E-state index contributed by atoms with van der Waals surface area (Å²) in [6.45, 7) is 4.44. The Labute approximate surface area is 155 Å². The van der Waals surface area contributed by atoms with E-state index in [1.807, 2.05) is 18.3 Å². The van der Waals surface area contributed by atoms with E-state index in [1.54, 1.807) is 0 Å². The van der Waals surface area contributed by atoms with E-state index in [-0.39, 0.29) is 0 Å². The maximum Gasteiger partial charge on any atom is 0.231 e. The van der Waals surface area contributed by atoms with E-state index >= 15 is 0 Å². The van der Waals surface area contributed by atoms with Crippen LogP contribution in [0.2, 0.25) is 0 Å². The van der Waals surface area contributed by atoms with Gasteiger partial charge in [-0.25, -0.2) is 0 Å². The molecule has 1 aromatic carbocycles. The molecule has 2 aliphatic rings. The largest absolute Gasteiger partial charge is 0.454 e. The van der Waals surface area contributed by atoms with Crippen molar-refractivity contribution in [2.75, 3.05) is 26.9 Å². The minimum absolute atomic E-state index is 0.340. The van der Waals surface area contributed by atoms with Crippen LogP contribution in [0.25, 0.3) is 0 Å². The van der Waals surface area contributed by atoms with Crippen LogP contribution in [0.5, 0.6) is 11.5 Å². The molecule has 2 aliphatic heterocycles. The topological polar surface area (TPSA) is 37.8 Å². The minimum Gasteiger partial charge on any atom is -0.454 e. The number of para-hydroxylation sites is 1. The van der Waals surface area contributed by atoms with Gasteiger partial charge in [0, 0.05) is 30.9 Å². The molecule has 0 aliphatic carbocycles. The number of fused-ring (bicyclic) bond motifs is 1. The lowest BCUT2D eigenvalue weighted by molar-refractivity contribution is 0.171. The van der Waals surface area contributed by atoms with Crippen LogP contribution in [0, 0.1) is 0 Å². The number of nitrogens with zero attached hydrogens (tertiary/aromatic N) is 3. The van der Waals surface area contributed by atoms with Gasteiger partial charge < -0.3 is 9.47 Å². The third-order valence-corrected chi connectivity index (χ3v) is 5.42. The van der Waals surface area contributed by atoms with Crippen LogP contribution in [0.15, 0.2) is 42.6 Å². The van der Waals surface area contributed by atoms with Crippen LogP contribution < -0.4 is 9.47 Å². The number of hydrogen-bond acceptors (Lipinski definition) is 5. The zero-order valence-corrected chi connectivity index (χ0v) is 15.4. The molecule has 0 saturated carbocycles. The SMILES string of the molecule is CN(Cc1ccccn1)C1CCCN(Cc2cccc3c2OCO3)CC1. The molecule has 3 heterocycles. The van der Waals surface area contributed by atoms with Crippen LogP contribution in [0.3, 0.4) is 0 Å². The molecule has 0 bridgehead atoms. The van der Waals surface area contributed by atoms with E-state index in [9.17, 15) is 0 Å². The van der Waals surface area contributed by atoms with Crippen molar-refractivity contribution in [1.82, 2.24) is 14.8 Å². The summed E-state index contributed by atoms with van der Waals surface area (Å²) < 4.78 is 11.2. The zero-order valence-electron chi connectivity index (χ0n) is 15.4. The fourth-order valence-corrected chi connectivity index (χ4v) is 3.97. The van der Waals surface area contributed by atoms with E-state index in [0.717, 1.165) is 43.4 Å². The van der Waals surface area contributed by atoms with Crippen LogP contribution >= 0.6 is 0 Å². The molecular formula is C21H27N3O2. The predicted molar refractivity (Wildman–Crippen MR) is 101 cm³/mol. The van der Waals surface area contributed by atoms with E-state index in [2.05, 4.69) is 46.1 Å². The molecule has 138 valence electrons. The minimum atomic E-state index is 0.340. The second kappa shape index (κ2) is 8.06. The molecule has 1 atom stereocenters. The summed E-state index contributed by atoms with van der Waals surface area (Å²) in [4.78, 5) is 9.47. The molecule has 5 heteroatoms. The summed E-state index contributed by atoms with van der Waals surface area (Å²) in [5.74, 6) is 1.81. The average molecular weight is 353 g/mol. The molecule has 1 unspecified atom stereocenters. The lowest BCUT2D eigenvalue weighted by Crippen LogP contribution is -2.32. The van der Waals surface area contributed by atoms with E-state index in [4.69, 9.17) is 9.47 Å². The van der Waals surface area contributed by atoms with Gasteiger partial charge in [-0.05, 0) is 57.6 Å². The van der Waals surface area contributed by atoms with E-state index < -0.39 is 0 Å². The molecule has 0 N–H and O–H groups in total. The fourth-order valence-electron chi connectivity index (χ4n) is 3.97. The molecule has 1 aromatic heterocycles. The number of ether oxygens (including phenoxy) is 2. The van der Waals surface area contributed by atoms with Crippen molar-refractivity contribution in [3.8, 4) is 11.5 Å². The monoisotopic (exact) mass is 353 g/mol. The van der Waals surface area contributed by atoms with Gasteiger partial charge in [-0.1, -0.05) is 18.2 Å². The zero-order chi connectivity index (χ0) is 17.8. The number of likely N-dealkylation sites (tertiary alicyclic amines) is 1. The maximum atomic E-state index is 5.66. The summed E-state index contributed by atoms with van der Waals surface area (Å²) in [5, 5.41) is 0. The van der Waals surface area contributed by atoms with Crippen molar-refractivity contribution < 1.29 is 9.47 Å². The van der Waals surface area contributed by atoms with Gasteiger partial charge in [-0.2, -0.15) is 0 Å². The second-order valence-electron chi connectivity index (χ2n) is 7.25. The highest BCUT2D eigenvalue weighted by atomic mass is 16.7. The van der Waals surface area contributed by atoms with Gasteiger partial charge in [0.1, 0.15) is 0 Å². The first-order chi connectivity index (χ1) is 12.8. The molecule has 1 saturated heterocycles. The van der Waals surface area contributed by atoms with Crippen molar-refractivity contribution >= 4 is 0 Å². The highest BCUT2D eigenvalue weighted by Gasteiger charge is 2.23. The van der Waals surface area contributed by atoms with E-state index in [0.29, 0.717) is 12.8 Å². The molecule has 0 radical (unpaired) electrons. The van der Waals surface area contributed by atoms with Gasteiger partial charge in [-0.3, -0.25) is 14.8 Å². The molecule has 26 heavy (non-hydrogen) atoms. The van der Waals surface area contributed by atoms with Gasteiger partial charge >= 0.3 is 0 Å². The lowest BCUT2D eigenvalue weighted by Gasteiger charge is -2.27. The smallest absolute Gasteiger partial charge is 0.231 e. The van der Waals surface area contributed by atoms with Crippen molar-refractivity contribution in [3.63, 3.8) is 0 Å². The van der Waals surface area contributed by atoms with Crippen molar-refractivity contribution in [2.45, 2.75) is 38.4 Å². The van der Waals surface area contributed by atoms with Crippen molar-refractivity contribution in [2.24, 2.45) is 0 Å². The van der Waals surface area contributed by atoms with Crippen LogP contribution in [-0.2, 0) is 13.1 Å². The summed E-state index contributed by atoms with van der Waals surface area (Å²) in [6.07, 6.45) is 5.54. The first-order valence-corrected chi connectivity index (χ1v) is 9.49. The van der Waals surface area contributed by atoms with Crippen LogP contribution in [-0.4, -0.2) is 47.8 Å². The Morgan fingerprint density at radius 1 is 1.12 bits per heavy atom. The molecule has 0 spiro atoms. The maximum absolute atomic E-state index is 5.66. The third-order valence-electron chi connectivity index (χ3n) is 5.42. The Morgan fingerprint density at radius 2 is 2.08 bits per heavy atom. The Bertz CT molecular complexity index is 722. The number of pyridine rings is 1. The molecule has 2 aromatic rings. The number of aromatic nitrogens is 1. The predicted octanol–water partition coefficient (Wildman–Crippen LogP) is 3.30. The Balaban J connectivity index is 1.34. The Kier molecular flexibility index (Phi) is 5.37. The average Bonchev–Trinajstić information content (AvgIpc) is 3.03. The summed E-state index contributed by atoms with van der Waals surface area (Å²) in [7, 11) is 2.23. The number of benzene rings is 1. The Morgan fingerprint density at radius 3 is 2.96 bits per heavy atom. The van der Waals surface area contributed by atoms with Crippen LogP contribution in [0.1, 0.15) is 30.5 Å². The van der Waals surface area contributed by atoms with Gasteiger partial charge in [0.15, 0.2) is 11.5 Å². The highest BCUT2D eigenvalue weighted by Crippen LogP contribution is 2.36. The first-order valence-electron chi connectivity index (χ1n) is 9.49.